The van der Waals surface area contributed by atoms with Gasteiger partial charge in [0.05, 0.1) is 12.8 Å². The molecule has 6 heterocycles. The maximum atomic E-state index is 5.55. The van der Waals surface area contributed by atoms with E-state index in [4.69, 9.17) is 9.72 Å². The average Bonchev–Trinajstić information content (AvgIpc) is 3.40. The van der Waals surface area contributed by atoms with Crippen LogP contribution in [0.1, 0.15) is 0 Å². The molecule has 0 aliphatic carbocycles. The summed E-state index contributed by atoms with van der Waals surface area (Å²) >= 11 is 0. The first-order valence-corrected chi connectivity index (χ1v) is 11.4. The first-order valence-electron chi connectivity index (χ1n) is 11.4. The SMILES string of the molecule is COc1nc(N2CCNCC2)ccc1N=c1ncc2cc(-c3ccccn3)c3n(c-2n1)CCN3. The minimum absolute atomic E-state index is 0.370. The molecule has 2 aromatic heterocycles. The Morgan fingerprint density at radius 3 is 2.74 bits per heavy atom. The molecule has 2 N–H and O–H groups in total. The Kier molecular flexibility index (Phi) is 5.27. The van der Waals surface area contributed by atoms with E-state index < -0.39 is 0 Å². The highest BCUT2D eigenvalue weighted by Gasteiger charge is 2.22. The number of fused-ring (bicyclic) bond motifs is 3. The molecule has 0 radical (unpaired) electrons. The van der Waals surface area contributed by atoms with Gasteiger partial charge in [0.1, 0.15) is 23.1 Å². The third kappa shape index (κ3) is 3.71. The zero-order chi connectivity index (χ0) is 22.9. The minimum Gasteiger partial charge on any atom is -0.479 e. The van der Waals surface area contributed by atoms with Gasteiger partial charge in [0, 0.05) is 62.8 Å². The fourth-order valence-corrected chi connectivity index (χ4v) is 4.47. The summed E-state index contributed by atoms with van der Waals surface area (Å²) < 4.78 is 7.72. The lowest BCUT2D eigenvalue weighted by Crippen LogP contribution is -2.43. The highest BCUT2D eigenvalue weighted by Crippen LogP contribution is 2.35. The van der Waals surface area contributed by atoms with Gasteiger partial charge in [-0.15, -0.1) is 0 Å². The number of nitrogens with one attached hydrogen (secondary N) is 2. The summed E-state index contributed by atoms with van der Waals surface area (Å²) in [6.07, 6.45) is 3.62. The van der Waals surface area contributed by atoms with E-state index in [0.717, 1.165) is 73.5 Å². The first-order chi connectivity index (χ1) is 16.8. The van der Waals surface area contributed by atoms with E-state index in [1.807, 2.05) is 36.5 Å². The molecule has 0 aromatic carbocycles. The number of methoxy groups -OCH3 is 1. The molecule has 1 saturated heterocycles. The second-order valence-corrected chi connectivity index (χ2v) is 8.20. The van der Waals surface area contributed by atoms with E-state index in [9.17, 15) is 0 Å². The average molecular weight is 456 g/mol. The van der Waals surface area contributed by atoms with Crippen molar-refractivity contribution in [1.29, 1.82) is 0 Å². The highest BCUT2D eigenvalue weighted by atomic mass is 16.5. The van der Waals surface area contributed by atoms with Crippen molar-refractivity contribution in [1.82, 2.24) is 29.8 Å². The van der Waals surface area contributed by atoms with Crippen molar-refractivity contribution in [3.8, 4) is 28.5 Å². The zero-order valence-corrected chi connectivity index (χ0v) is 18.9. The van der Waals surface area contributed by atoms with Crippen LogP contribution in [0, 0.1) is 0 Å². The molecule has 0 bridgehead atoms. The molecule has 6 rings (SSSR count). The van der Waals surface area contributed by atoms with Crippen molar-refractivity contribution >= 4 is 17.3 Å². The van der Waals surface area contributed by atoms with Gasteiger partial charge in [0.2, 0.25) is 5.88 Å². The number of nitrogens with zero attached hydrogens (tertiary/aromatic N) is 7. The van der Waals surface area contributed by atoms with Gasteiger partial charge in [-0.2, -0.15) is 9.97 Å². The Morgan fingerprint density at radius 1 is 1.00 bits per heavy atom. The molecule has 4 aliphatic rings. The van der Waals surface area contributed by atoms with Crippen molar-refractivity contribution in [3.63, 3.8) is 0 Å². The van der Waals surface area contributed by atoms with Gasteiger partial charge in [-0.25, -0.2) is 9.98 Å². The van der Waals surface area contributed by atoms with Crippen LogP contribution >= 0.6 is 0 Å². The number of ether oxygens (including phenoxy) is 1. The molecule has 0 spiro atoms. The Morgan fingerprint density at radius 2 is 1.91 bits per heavy atom. The maximum absolute atomic E-state index is 5.55. The quantitative estimate of drug-likeness (QED) is 0.481. The molecule has 0 amide bonds. The van der Waals surface area contributed by atoms with Crippen LogP contribution in [-0.4, -0.2) is 64.3 Å². The van der Waals surface area contributed by atoms with Crippen molar-refractivity contribution < 1.29 is 4.74 Å². The number of rotatable bonds is 4. The molecule has 0 unspecified atom stereocenters. The van der Waals surface area contributed by atoms with E-state index in [1.54, 1.807) is 13.3 Å². The van der Waals surface area contributed by atoms with Gasteiger partial charge in [-0.1, -0.05) is 6.07 Å². The van der Waals surface area contributed by atoms with Crippen LogP contribution in [0.5, 0.6) is 5.88 Å². The molecule has 4 aliphatic heterocycles. The van der Waals surface area contributed by atoms with Crippen molar-refractivity contribution in [2.24, 2.45) is 4.99 Å². The smallest absolute Gasteiger partial charge is 0.252 e. The maximum Gasteiger partial charge on any atom is 0.252 e. The summed E-state index contributed by atoms with van der Waals surface area (Å²) in [5.74, 6) is 3.19. The number of piperazine rings is 1. The van der Waals surface area contributed by atoms with E-state index in [1.165, 1.54) is 0 Å². The predicted octanol–water partition coefficient (Wildman–Crippen LogP) is 1.92. The largest absolute Gasteiger partial charge is 0.479 e. The monoisotopic (exact) mass is 455 g/mol. The molecule has 172 valence electrons. The van der Waals surface area contributed by atoms with E-state index in [0.29, 0.717) is 17.2 Å². The van der Waals surface area contributed by atoms with E-state index in [2.05, 4.69) is 46.1 Å². The molecule has 10 heteroatoms. The predicted molar refractivity (Wildman–Crippen MR) is 129 cm³/mol. The standard InChI is InChI=1S/C24H25N9O/c1-34-23-19(5-6-20(30-23)32-11-8-25-9-12-32)29-24-28-15-16-14-17(18-4-2-3-7-26-18)22-27-10-13-33(22)21(16)31-24/h2-7,14-15,25,27H,8-13H2,1H3. The van der Waals surface area contributed by atoms with Crippen molar-refractivity contribution in [2.75, 3.05) is 50.1 Å². The van der Waals surface area contributed by atoms with Crippen LogP contribution in [0.3, 0.4) is 0 Å². The third-order valence-corrected chi connectivity index (χ3v) is 6.11. The van der Waals surface area contributed by atoms with Crippen molar-refractivity contribution in [2.45, 2.75) is 6.54 Å². The molecule has 0 saturated carbocycles. The van der Waals surface area contributed by atoms with Gasteiger partial charge < -0.3 is 24.8 Å². The summed E-state index contributed by atoms with van der Waals surface area (Å²) in [5, 5.41) is 6.83. The number of anilines is 2. The summed E-state index contributed by atoms with van der Waals surface area (Å²) in [6.45, 7) is 5.36. The summed E-state index contributed by atoms with van der Waals surface area (Å²) in [4.78, 5) is 25.4. The molecular weight excluding hydrogens is 430 g/mol. The van der Waals surface area contributed by atoms with Crippen LogP contribution in [-0.2, 0) is 6.54 Å². The van der Waals surface area contributed by atoms with Gasteiger partial charge >= 0.3 is 0 Å². The number of hydrogen-bond donors (Lipinski definition) is 2. The minimum atomic E-state index is 0.370. The lowest BCUT2D eigenvalue weighted by Gasteiger charge is -2.28. The van der Waals surface area contributed by atoms with Gasteiger partial charge in [-0.3, -0.25) is 4.98 Å². The summed E-state index contributed by atoms with van der Waals surface area (Å²) in [5.41, 5.74) is 3.86. The van der Waals surface area contributed by atoms with Gasteiger partial charge in [0.25, 0.3) is 5.62 Å². The highest BCUT2D eigenvalue weighted by molar-refractivity contribution is 5.80. The Hall–Kier alpha value is -4.05. The Labute approximate surface area is 196 Å². The van der Waals surface area contributed by atoms with Crippen LogP contribution in [0.25, 0.3) is 22.6 Å². The third-order valence-electron chi connectivity index (χ3n) is 6.11. The molecule has 0 atom stereocenters. The zero-order valence-electron chi connectivity index (χ0n) is 18.9. The van der Waals surface area contributed by atoms with Crippen LogP contribution in [0.15, 0.2) is 53.8 Å². The number of aromatic nitrogens is 5. The van der Waals surface area contributed by atoms with Crippen LogP contribution < -0.4 is 25.9 Å². The van der Waals surface area contributed by atoms with Gasteiger partial charge in [0.15, 0.2) is 0 Å². The second-order valence-electron chi connectivity index (χ2n) is 8.20. The Bertz CT molecular complexity index is 1360. The van der Waals surface area contributed by atoms with Crippen LogP contribution in [0.4, 0.5) is 17.3 Å². The normalized spacial score (nSPS) is 15.9. The fourth-order valence-electron chi connectivity index (χ4n) is 4.47. The summed E-state index contributed by atoms with van der Waals surface area (Å²) in [6, 6.07) is 11.9. The topological polar surface area (TPSA) is 105 Å². The first kappa shape index (κ1) is 20.5. The lowest BCUT2D eigenvalue weighted by atomic mass is 10.1. The summed E-state index contributed by atoms with van der Waals surface area (Å²) in [7, 11) is 1.61. The Balaban J connectivity index is 1.41. The number of pyridine rings is 3. The van der Waals surface area contributed by atoms with Gasteiger partial charge in [-0.05, 0) is 30.3 Å². The number of hydrogen-bond acceptors (Lipinski definition) is 9. The molecule has 10 nitrogen and oxygen atoms in total. The molecule has 2 aromatic rings. The van der Waals surface area contributed by atoms with Crippen LogP contribution in [0.2, 0.25) is 0 Å². The molecule has 34 heavy (non-hydrogen) atoms. The van der Waals surface area contributed by atoms with Crippen molar-refractivity contribution in [3.05, 3.63) is 54.4 Å². The lowest BCUT2D eigenvalue weighted by molar-refractivity contribution is 0.398. The molecule has 1 fully saturated rings. The molecular formula is C24H25N9O. The fraction of sp³-hybridized carbons (Fsp3) is 0.292. The van der Waals surface area contributed by atoms with E-state index >= 15 is 0 Å². The second kappa shape index (κ2) is 8.71. The van der Waals surface area contributed by atoms with E-state index in [-0.39, 0.29) is 0 Å².